The number of rotatable bonds is 2. The van der Waals surface area contributed by atoms with E-state index in [0.29, 0.717) is 16.8 Å². The first-order valence-corrected chi connectivity index (χ1v) is 5.98. The van der Waals surface area contributed by atoms with Gasteiger partial charge in [0, 0.05) is 12.7 Å². The average Bonchev–Trinajstić information content (AvgIpc) is 2.72. The highest BCUT2D eigenvalue weighted by Gasteiger charge is 2.36. The fraction of sp³-hybridized carbons (Fsp3) is 0.0667. The molecule has 0 aromatic heterocycles. The molecule has 3 rings (SSSR count). The zero-order valence-corrected chi connectivity index (χ0v) is 10.4. The Kier molecular flexibility index (Phi) is 2.56. The molecule has 1 N–H and O–H groups in total. The van der Waals surface area contributed by atoms with Crippen molar-refractivity contribution in [2.75, 3.05) is 17.3 Å². The Labute approximate surface area is 110 Å². The Morgan fingerprint density at radius 2 is 1.37 bits per heavy atom. The molecule has 0 spiro atoms. The normalized spacial score (nSPS) is 13.6. The molecule has 4 heteroatoms. The third-order valence-corrected chi connectivity index (χ3v) is 3.21. The van der Waals surface area contributed by atoms with E-state index in [4.69, 9.17) is 0 Å². The fourth-order valence-electron chi connectivity index (χ4n) is 2.20. The van der Waals surface area contributed by atoms with Crippen molar-refractivity contribution < 1.29 is 9.59 Å². The minimum atomic E-state index is -0.266. The van der Waals surface area contributed by atoms with Gasteiger partial charge in [0.25, 0.3) is 11.8 Å². The molecule has 19 heavy (non-hydrogen) atoms. The van der Waals surface area contributed by atoms with E-state index in [2.05, 4.69) is 5.32 Å². The molecule has 0 radical (unpaired) electrons. The van der Waals surface area contributed by atoms with Gasteiger partial charge in [-0.2, -0.15) is 0 Å². The molecule has 0 fully saturated rings. The van der Waals surface area contributed by atoms with E-state index >= 15 is 0 Å². The van der Waals surface area contributed by atoms with Gasteiger partial charge >= 0.3 is 0 Å². The number of anilines is 2. The number of carbonyl (C=O) groups excluding carboxylic acids is 2. The molecule has 0 bridgehead atoms. The molecule has 0 unspecified atom stereocenters. The molecule has 0 atom stereocenters. The van der Waals surface area contributed by atoms with Crippen LogP contribution in [0.4, 0.5) is 11.4 Å². The maximum atomic E-state index is 12.3. The van der Waals surface area contributed by atoms with Gasteiger partial charge in [-0.1, -0.05) is 12.1 Å². The van der Waals surface area contributed by atoms with Crippen LogP contribution in [-0.2, 0) is 0 Å². The van der Waals surface area contributed by atoms with E-state index in [1.165, 1.54) is 4.90 Å². The Bertz CT molecular complexity index is 627. The highest BCUT2D eigenvalue weighted by Crippen LogP contribution is 2.28. The first kappa shape index (κ1) is 11.5. The smallest absolute Gasteiger partial charge is 0.266 e. The van der Waals surface area contributed by atoms with Crippen LogP contribution in [0.2, 0.25) is 0 Å². The second-order valence-electron chi connectivity index (χ2n) is 4.29. The highest BCUT2D eigenvalue weighted by molar-refractivity contribution is 6.34. The summed E-state index contributed by atoms with van der Waals surface area (Å²) in [5.74, 6) is -0.532. The van der Waals surface area contributed by atoms with E-state index < -0.39 is 0 Å². The van der Waals surface area contributed by atoms with Gasteiger partial charge in [-0.3, -0.25) is 9.59 Å². The lowest BCUT2D eigenvalue weighted by atomic mass is 10.1. The lowest BCUT2D eigenvalue weighted by molar-refractivity contribution is 0.0926. The van der Waals surface area contributed by atoms with Crippen LogP contribution in [0.5, 0.6) is 0 Å². The average molecular weight is 252 g/mol. The van der Waals surface area contributed by atoms with Crippen LogP contribution in [0.25, 0.3) is 0 Å². The number of carbonyl (C=O) groups is 2. The summed E-state index contributed by atoms with van der Waals surface area (Å²) in [5.41, 5.74) is 2.45. The van der Waals surface area contributed by atoms with Crippen molar-refractivity contribution in [3.63, 3.8) is 0 Å². The molecular weight excluding hydrogens is 240 g/mol. The second-order valence-corrected chi connectivity index (χ2v) is 4.29. The second kappa shape index (κ2) is 4.24. The van der Waals surface area contributed by atoms with Gasteiger partial charge < -0.3 is 5.32 Å². The topological polar surface area (TPSA) is 49.4 Å². The summed E-state index contributed by atoms with van der Waals surface area (Å²) in [6, 6.07) is 14.1. The molecule has 2 aromatic carbocycles. The number of nitrogens with zero attached hydrogens (tertiary/aromatic N) is 1. The first-order chi connectivity index (χ1) is 9.22. The number of benzene rings is 2. The molecule has 1 aliphatic heterocycles. The molecule has 0 saturated heterocycles. The largest absolute Gasteiger partial charge is 0.388 e. The number of amides is 2. The molecule has 1 aliphatic rings. The maximum Gasteiger partial charge on any atom is 0.266 e. The summed E-state index contributed by atoms with van der Waals surface area (Å²) in [5, 5.41) is 3.00. The third kappa shape index (κ3) is 1.69. The quantitative estimate of drug-likeness (QED) is 0.835. The van der Waals surface area contributed by atoms with E-state index in [0.717, 1.165) is 5.69 Å². The van der Waals surface area contributed by atoms with Crippen molar-refractivity contribution in [1.29, 1.82) is 0 Å². The Balaban J connectivity index is 2.03. The van der Waals surface area contributed by atoms with Gasteiger partial charge in [0.2, 0.25) is 0 Å². The highest BCUT2D eigenvalue weighted by atomic mass is 16.2. The van der Waals surface area contributed by atoms with E-state index in [1.807, 2.05) is 19.2 Å². The molecular formula is C15H12N2O2. The van der Waals surface area contributed by atoms with Gasteiger partial charge in [-0.25, -0.2) is 4.90 Å². The van der Waals surface area contributed by atoms with Crippen LogP contribution >= 0.6 is 0 Å². The lowest BCUT2D eigenvalue weighted by Crippen LogP contribution is -2.29. The van der Waals surface area contributed by atoms with E-state index in [9.17, 15) is 9.59 Å². The van der Waals surface area contributed by atoms with Gasteiger partial charge in [0.1, 0.15) is 0 Å². The number of hydrogen-bond donors (Lipinski definition) is 1. The molecule has 2 amide bonds. The van der Waals surface area contributed by atoms with Gasteiger partial charge in [-0.15, -0.1) is 0 Å². The van der Waals surface area contributed by atoms with Gasteiger partial charge in [0.05, 0.1) is 16.8 Å². The van der Waals surface area contributed by atoms with Crippen LogP contribution in [0.1, 0.15) is 20.7 Å². The standard InChI is InChI=1S/C15H12N2O2/c1-16-10-6-8-11(9-7-10)17-14(18)12-4-2-3-5-13(12)15(17)19/h2-9,16H,1H3. The summed E-state index contributed by atoms with van der Waals surface area (Å²) in [6.07, 6.45) is 0. The maximum absolute atomic E-state index is 12.3. The number of fused-ring (bicyclic) bond motifs is 1. The van der Waals surface area contributed by atoms with Gasteiger partial charge in [0.15, 0.2) is 0 Å². The first-order valence-electron chi connectivity index (χ1n) is 5.98. The number of imide groups is 1. The zero-order chi connectivity index (χ0) is 13.4. The predicted octanol–water partition coefficient (Wildman–Crippen LogP) is 2.53. The van der Waals surface area contributed by atoms with Crippen molar-refractivity contribution in [2.24, 2.45) is 0 Å². The van der Waals surface area contributed by atoms with Gasteiger partial charge in [-0.05, 0) is 36.4 Å². The van der Waals surface area contributed by atoms with Crippen molar-refractivity contribution in [2.45, 2.75) is 0 Å². The molecule has 4 nitrogen and oxygen atoms in total. The zero-order valence-electron chi connectivity index (χ0n) is 10.4. The molecule has 0 saturated carbocycles. The monoisotopic (exact) mass is 252 g/mol. The summed E-state index contributed by atoms with van der Waals surface area (Å²) in [4.78, 5) is 25.7. The minimum absolute atomic E-state index is 0.266. The van der Waals surface area contributed by atoms with Crippen LogP contribution in [0, 0.1) is 0 Å². The summed E-state index contributed by atoms with van der Waals surface area (Å²) >= 11 is 0. The van der Waals surface area contributed by atoms with Crippen molar-refractivity contribution in [1.82, 2.24) is 0 Å². The van der Waals surface area contributed by atoms with Crippen LogP contribution in [0.15, 0.2) is 48.5 Å². The third-order valence-electron chi connectivity index (χ3n) is 3.21. The molecule has 94 valence electrons. The van der Waals surface area contributed by atoms with Crippen LogP contribution in [-0.4, -0.2) is 18.9 Å². The predicted molar refractivity (Wildman–Crippen MR) is 73.6 cm³/mol. The lowest BCUT2D eigenvalue weighted by Gasteiger charge is -2.14. The van der Waals surface area contributed by atoms with Crippen LogP contribution < -0.4 is 10.2 Å². The fourth-order valence-corrected chi connectivity index (χ4v) is 2.20. The SMILES string of the molecule is CNc1ccc(N2C(=O)c3ccccc3C2=O)cc1. The van der Waals surface area contributed by atoms with Crippen LogP contribution in [0.3, 0.4) is 0 Å². The number of hydrogen-bond acceptors (Lipinski definition) is 3. The molecule has 0 aliphatic carbocycles. The van der Waals surface area contributed by atoms with Crippen molar-refractivity contribution in [3.8, 4) is 0 Å². The summed E-state index contributed by atoms with van der Waals surface area (Å²) in [7, 11) is 1.82. The van der Waals surface area contributed by atoms with Crippen molar-refractivity contribution >= 4 is 23.2 Å². The van der Waals surface area contributed by atoms with E-state index in [1.54, 1.807) is 36.4 Å². The Hall–Kier alpha value is -2.62. The van der Waals surface area contributed by atoms with E-state index in [-0.39, 0.29) is 11.8 Å². The van der Waals surface area contributed by atoms with Crippen molar-refractivity contribution in [3.05, 3.63) is 59.7 Å². The summed E-state index contributed by atoms with van der Waals surface area (Å²) < 4.78 is 0. The minimum Gasteiger partial charge on any atom is -0.388 e. The summed E-state index contributed by atoms with van der Waals surface area (Å²) in [6.45, 7) is 0. The number of nitrogens with one attached hydrogen (secondary N) is 1. The Morgan fingerprint density at radius 1 is 0.842 bits per heavy atom. The molecule has 2 aromatic rings. The molecule has 1 heterocycles. The Morgan fingerprint density at radius 3 is 1.84 bits per heavy atom.